The second-order valence-electron chi connectivity index (χ2n) is 12.3. The zero-order valence-electron chi connectivity index (χ0n) is 27.6. The summed E-state index contributed by atoms with van der Waals surface area (Å²) in [6.07, 6.45) is 5.03. The van der Waals surface area contributed by atoms with Gasteiger partial charge in [-0.2, -0.15) is 0 Å². The van der Waals surface area contributed by atoms with Crippen LogP contribution in [0.4, 0.5) is 5.69 Å². The SMILES string of the molecule is COc1ccc(C)cc1N(CC(=O)N(Cc1c(Cl)cccc1Cl)[C@@H](Cc1ccccc1)C(=O)NC1CCCCC1)S(=O)(=O)c1ccccc1. The first kappa shape index (κ1) is 36.2. The first-order valence-corrected chi connectivity index (χ1v) is 18.6. The summed E-state index contributed by atoms with van der Waals surface area (Å²) in [5, 5.41) is 3.85. The van der Waals surface area contributed by atoms with Crippen molar-refractivity contribution in [3.63, 3.8) is 0 Å². The number of carbonyl (C=O) groups is 2. The number of amides is 2. The molecule has 0 bridgehead atoms. The molecule has 49 heavy (non-hydrogen) atoms. The molecule has 11 heteroatoms. The molecule has 0 radical (unpaired) electrons. The highest BCUT2D eigenvalue weighted by Crippen LogP contribution is 2.34. The van der Waals surface area contributed by atoms with Gasteiger partial charge in [0.1, 0.15) is 18.3 Å². The molecule has 4 aromatic carbocycles. The molecule has 2 amide bonds. The Kier molecular flexibility index (Phi) is 12.3. The summed E-state index contributed by atoms with van der Waals surface area (Å²) in [4.78, 5) is 30.6. The van der Waals surface area contributed by atoms with Gasteiger partial charge in [0, 0.05) is 34.6 Å². The highest BCUT2D eigenvalue weighted by Gasteiger charge is 2.36. The fraction of sp³-hybridized carbons (Fsp3) is 0.316. The molecule has 0 spiro atoms. The quantitative estimate of drug-likeness (QED) is 0.154. The predicted molar refractivity (Wildman–Crippen MR) is 195 cm³/mol. The number of benzene rings is 4. The number of methoxy groups -OCH3 is 1. The Bertz CT molecular complexity index is 1830. The summed E-state index contributed by atoms with van der Waals surface area (Å²) >= 11 is 13.3. The number of carbonyl (C=O) groups excluding carboxylic acids is 2. The van der Waals surface area contributed by atoms with E-state index in [0.717, 1.165) is 47.5 Å². The molecule has 1 fully saturated rings. The molecule has 258 valence electrons. The number of ether oxygens (including phenoxy) is 1. The van der Waals surface area contributed by atoms with Crippen molar-refractivity contribution < 1.29 is 22.7 Å². The van der Waals surface area contributed by atoms with Gasteiger partial charge in [-0.1, -0.05) is 103 Å². The monoisotopic (exact) mass is 721 g/mol. The second-order valence-corrected chi connectivity index (χ2v) is 14.9. The molecule has 0 saturated heterocycles. The van der Waals surface area contributed by atoms with Crippen molar-refractivity contribution in [2.45, 2.75) is 69.0 Å². The van der Waals surface area contributed by atoms with E-state index in [1.807, 2.05) is 37.3 Å². The van der Waals surface area contributed by atoms with Crippen LogP contribution in [0.3, 0.4) is 0 Å². The minimum absolute atomic E-state index is 0.00272. The van der Waals surface area contributed by atoms with Crippen LogP contribution in [0, 0.1) is 6.92 Å². The van der Waals surface area contributed by atoms with Crippen molar-refractivity contribution in [2.24, 2.45) is 0 Å². The van der Waals surface area contributed by atoms with E-state index in [1.54, 1.807) is 54.6 Å². The Balaban J connectivity index is 1.62. The van der Waals surface area contributed by atoms with E-state index in [0.29, 0.717) is 15.6 Å². The first-order chi connectivity index (χ1) is 23.6. The summed E-state index contributed by atoms with van der Waals surface area (Å²) in [6, 6.07) is 26.5. The van der Waals surface area contributed by atoms with Crippen LogP contribution in [0.1, 0.15) is 48.8 Å². The summed E-state index contributed by atoms with van der Waals surface area (Å²) in [6.45, 7) is 1.08. The van der Waals surface area contributed by atoms with Crippen LogP contribution in [0.2, 0.25) is 10.0 Å². The normalized spacial score (nSPS) is 14.1. The first-order valence-electron chi connectivity index (χ1n) is 16.4. The summed E-state index contributed by atoms with van der Waals surface area (Å²) in [5.74, 6) is -0.661. The maximum atomic E-state index is 14.9. The lowest BCUT2D eigenvalue weighted by molar-refractivity contribution is -0.140. The number of hydrogen-bond acceptors (Lipinski definition) is 5. The molecule has 1 aliphatic rings. The van der Waals surface area contributed by atoms with Crippen LogP contribution in [-0.2, 0) is 32.6 Å². The van der Waals surface area contributed by atoms with E-state index in [1.165, 1.54) is 24.1 Å². The molecule has 1 aliphatic carbocycles. The number of sulfonamides is 1. The smallest absolute Gasteiger partial charge is 0.264 e. The minimum Gasteiger partial charge on any atom is -0.495 e. The van der Waals surface area contributed by atoms with Crippen molar-refractivity contribution in [3.8, 4) is 5.75 Å². The van der Waals surface area contributed by atoms with E-state index >= 15 is 0 Å². The molecule has 1 N–H and O–H groups in total. The van der Waals surface area contributed by atoms with E-state index in [-0.39, 0.29) is 41.2 Å². The second kappa shape index (κ2) is 16.6. The zero-order chi connectivity index (χ0) is 35.0. The number of rotatable bonds is 13. The van der Waals surface area contributed by atoms with Gasteiger partial charge >= 0.3 is 0 Å². The van der Waals surface area contributed by atoms with E-state index in [4.69, 9.17) is 27.9 Å². The molecule has 5 rings (SSSR count). The van der Waals surface area contributed by atoms with Crippen LogP contribution >= 0.6 is 23.2 Å². The van der Waals surface area contributed by atoms with Crippen LogP contribution < -0.4 is 14.4 Å². The van der Waals surface area contributed by atoms with E-state index in [9.17, 15) is 18.0 Å². The number of nitrogens with zero attached hydrogens (tertiary/aromatic N) is 2. The third-order valence-electron chi connectivity index (χ3n) is 8.83. The Morgan fingerprint density at radius 2 is 1.51 bits per heavy atom. The summed E-state index contributed by atoms with van der Waals surface area (Å²) in [7, 11) is -2.85. The van der Waals surface area contributed by atoms with Gasteiger partial charge in [-0.25, -0.2) is 8.42 Å². The molecular weight excluding hydrogens is 681 g/mol. The van der Waals surface area contributed by atoms with Crippen molar-refractivity contribution >= 4 is 50.7 Å². The summed E-state index contributed by atoms with van der Waals surface area (Å²) < 4.78 is 35.4. The summed E-state index contributed by atoms with van der Waals surface area (Å²) in [5.41, 5.74) is 2.25. The standard InChI is InChI=1S/C38H41Cl2N3O5S/c1-27-21-22-36(48-2)34(23-27)43(49(46,47)30-17-10-5-11-18-30)26-37(44)42(25-31-32(39)19-12-20-33(31)40)35(24-28-13-6-3-7-14-28)38(45)41-29-15-8-4-9-16-29/h3,5-7,10-14,17-23,29,35H,4,8-9,15-16,24-26H2,1-2H3,(H,41,45)/t35-/m0/s1. The number of halogens is 2. The molecule has 4 aromatic rings. The van der Waals surface area contributed by atoms with E-state index < -0.39 is 28.5 Å². The van der Waals surface area contributed by atoms with Gasteiger partial charge in [0.25, 0.3) is 10.0 Å². The fourth-order valence-electron chi connectivity index (χ4n) is 6.18. The lowest BCUT2D eigenvalue weighted by Crippen LogP contribution is -2.55. The lowest BCUT2D eigenvalue weighted by Gasteiger charge is -2.35. The third kappa shape index (κ3) is 8.95. The highest BCUT2D eigenvalue weighted by molar-refractivity contribution is 7.92. The molecule has 8 nitrogen and oxygen atoms in total. The van der Waals surface area contributed by atoms with E-state index in [2.05, 4.69) is 5.32 Å². The number of anilines is 1. The fourth-order valence-corrected chi connectivity index (χ4v) is 8.13. The Labute approximate surface area is 299 Å². The minimum atomic E-state index is -4.30. The Morgan fingerprint density at radius 1 is 0.878 bits per heavy atom. The number of hydrogen-bond donors (Lipinski definition) is 1. The van der Waals surface area contributed by atoms with Gasteiger partial charge in [-0.3, -0.25) is 13.9 Å². The van der Waals surface area contributed by atoms with Gasteiger partial charge in [-0.05, 0) is 67.3 Å². The van der Waals surface area contributed by atoms with Gasteiger partial charge < -0.3 is 15.0 Å². The van der Waals surface area contributed by atoms with Crippen molar-refractivity contribution in [3.05, 3.63) is 124 Å². The Hall–Kier alpha value is -4.05. The average Bonchev–Trinajstić information content (AvgIpc) is 3.11. The lowest BCUT2D eigenvalue weighted by atomic mass is 9.94. The molecule has 1 atom stereocenters. The molecule has 0 aromatic heterocycles. The van der Waals surface area contributed by atoms with Gasteiger partial charge in [-0.15, -0.1) is 0 Å². The predicted octanol–water partition coefficient (Wildman–Crippen LogP) is 7.59. The molecule has 0 heterocycles. The number of aryl methyl sites for hydroxylation is 1. The maximum Gasteiger partial charge on any atom is 0.264 e. The van der Waals surface area contributed by atoms with Gasteiger partial charge in [0.15, 0.2) is 0 Å². The third-order valence-corrected chi connectivity index (χ3v) is 11.3. The van der Waals surface area contributed by atoms with Crippen molar-refractivity contribution in [1.29, 1.82) is 0 Å². The largest absolute Gasteiger partial charge is 0.495 e. The zero-order valence-corrected chi connectivity index (χ0v) is 30.0. The Morgan fingerprint density at radius 3 is 2.14 bits per heavy atom. The number of nitrogens with one attached hydrogen (secondary N) is 1. The molecular formula is C38H41Cl2N3O5S. The van der Waals surface area contributed by atoms with Gasteiger partial charge in [0.05, 0.1) is 17.7 Å². The maximum absolute atomic E-state index is 14.9. The van der Waals surface area contributed by atoms with Crippen LogP contribution in [-0.4, -0.2) is 50.9 Å². The van der Waals surface area contributed by atoms with Crippen molar-refractivity contribution in [2.75, 3.05) is 18.0 Å². The molecule has 0 unspecified atom stereocenters. The van der Waals surface area contributed by atoms with Crippen LogP contribution in [0.5, 0.6) is 5.75 Å². The topological polar surface area (TPSA) is 96.0 Å². The average molecular weight is 723 g/mol. The highest BCUT2D eigenvalue weighted by atomic mass is 35.5. The van der Waals surface area contributed by atoms with Crippen molar-refractivity contribution in [1.82, 2.24) is 10.2 Å². The molecule has 1 saturated carbocycles. The van der Waals surface area contributed by atoms with Gasteiger partial charge in [0.2, 0.25) is 11.8 Å². The molecule has 0 aliphatic heterocycles. The van der Waals surface area contributed by atoms with Crippen LogP contribution in [0.15, 0.2) is 102 Å². The van der Waals surface area contributed by atoms with Crippen LogP contribution in [0.25, 0.3) is 0 Å².